The van der Waals surface area contributed by atoms with Gasteiger partial charge in [0.25, 0.3) is 11.8 Å². The lowest BCUT2D eigenvalue weighted by Crippen LogP contribution is -2.60. The van der Waals surface area contributed by atoms with Crippen LogP contribution in [-0.4, -0.2) is 46.1 Å². The van der Waals surface area contributed by atoms with Gasteiger partial charge in [0.05, 0.1) is 6.10 Å². The number of nitrogens with one attached hydrogen (secondary N) is 1. The molecule has 1 saturated carbocycles. The number of ether oxygens (including phenoxy) is 1. The molecule has 4 aromatic carbocycles. The van der Waals surface area contributed by atoms with Crippen LogP contribution in [0, 0.1) is 5.92 Å². The number of rotatable bonds is 9. The number of alkyl halides is 2. The van der Waals surface area contributed by atoms with E-state index in [0.717, 1.165) is 73.5 Å². The lowest BCUT2D eigenvalue weighted by Gasteiger charge is -2.41. The van der Waals surface area contributed by atoms with Crippen LogP contribution in [-0.2, 0) is 15.5 Å². The van der Waals surface area contributed by atoms with Gasteiger partial charge in [-0.1, -0.05) is 73.1 Å². The molecule has 2 bridgehead atoms. The zero-order valence-corrected chi connectivity index (χ0v) is 28.2. The maximum atomic E-state index is 16.6. The number of fused-ring (bicyclic) bond motifs is 3. The SMILES string of the molecule is CC1CC2CCC(C1)N2C(=O)C(NC(=O)C(O)c1ccc2cc(OC3CCCC3)ccc2c1)C(F)(F)c1ccc(-c2ccc(Cl)cc2)cc1. The van der Waals surface area contributed by atoms with Crippen LogP contribution in [0.1, 0.15) is 75.5 Å². The number of hydrogen-bond acceptors (Lipinski definition) is 4. The standard InChI is InChI=1S/C40H41ClF2N2O4/c1-24-20-32-17-18-33(21-24)45(32)39(48)37(40(42,43)30-13-8-25(9-14-30)26-10-15-31(41)16-11-26)44-38(47)36(46)29-7-6-28-23-35(19-12-27(28)22-29)49-34-4-2-3-5-34/h6-16,19,22-24,32-34,36-37,46H,2-5,17-18,20-21H2,1H3,(H,44,47). The number of benzene rings is 4. The topological polar surface area (TPSA) is 78.9 Å². The monoisotopic (exact) mass is 686 g/mol. The van der Waals surface area contributed by atoms with Crippen molar-refractivity contribution in [1.29, 1.82) is 0 Å². The molecule has 4 unspecified atom stereocenters. The van der Waals surface area contributed by atoms with E-state index >= 15 is 8.78 Å². The van der Waals surface area contributed by atoms with Gasteiger partial charge in [-0.25, -0.2) is 0 Å². The lowest BCUT2D eigenvalue weighted by atomic mass is 9.90. The van der Waals surface area contributed by atoms with E-state index in [0.29, 0.717) is 16.5 Å². The fourth-order valence-electron chi connectivity index (χ4n) is 8.02. The fourth-order valence-corrected chi connectivity index (χ4v) is 8.14. The Labute approximate surface area is 290 Å². The minimum Gasteiger partial charge on any atom is -0.490 e. The second-order valence-electron chi connectivity index (χ2n) is 14.1. The zero-order chi connectivity index (χ0) is 34.3. The summed E-state index contributed by atoms with van der Waals surface area (Å²) in [4.78, 5) is 29.3. The first-order valence-electron chi connectivity index (χ1n) is 17.3. The van der Waals surface area contributed by atoms with Gasteiger partial charge in [-0.05, 0) is 115 Å². The molecular weight excluding hydrogens is 646 g/mol. The third kappa shape index (κ3) is 6.90. The average Bonchev–Trinajstić information content (AvgIpc) is 3.71. The Morgan fingerprint density at radius 2 is 1.45 bits per heavy atom. The van der Waals surface area contributed by atoms with Gasteiger partial charge in [-0.2, -0.15) is 8.78 Å². The van der Waals surface area contributed by atoms with Crippen molar-refractivity contribution in [2.75, 3.05) is 0 Å². The van der Waals surface area contributed by atoms with E-state index in [-0.39, 0.29) is 23.8 Å². The van der Waals surface area contributed by atoms with E-state index in [2.05, 4.69) is 12.2 Å². The number of aliphatic hydroxyl groups excluding tert-OH is 1. The molecule has 4 aromatic rings. The summed E-state index contributed by atoms with van der Waals surface area (Å²) in [6.07, 6.45) is 5.79. The van der Waals surface area contributed by atoms with E-state index in [9.17, 15) is 14.7 Å². The summed E-state index contributed by atoms with van der Waals surface area (Å²) >= 11 is 6.01. The van der Waals surface area contributed by atoms with Crippen LogP contribution >= 0.6 is 11.6 Å². The van der Waals surface area contributed by atoms with Crippen molar-refractivity contribution in [3.05, 3.63) is 101 Å². The number of hydrogen-bond donors (Lipinski definition) is 2. The first kappa shape index (κ1) is 33.5. The third-order valence-electron chi connectivity index (χ3n) is 10.6. The van der Waals surface area contributed by atoms with E-state index in [1.165, 1.54) is 12.1 Å². The Morgan fingerprint density at radius 1 is 0.857 bits per heavy atom. The molecule has 7 rings (SSSR count). The largest absolute Gasteiger partial charge is 0.490 e. The van der Waals surface area contributed by atoms with Crippen molar-refractivity contribution in [1.82, 2.24) is 10.2 Å². The Morgan fingerprint density at radius 3 is 2.10 bits per heavy atom. The highest BCUT2D eigenvalue weighted by Crippen LogP contribution is 2.42. The molecule has 2 amide bonds. The molecule has 4 atom stereocenters. The third-order valence-corrected chi connectivity index (χ3v) is 10.8. The second kappa shape index (κ2) is 13.7. The predicted octanol–water partition coefficient (Wildman–Crippen LogP) is 8.58. The van der Waals surface area contributed by atoms with Gasteiger partial charge in [0.2, 0.25) is 0 Å². The predicted molar refractivity (Wildman–Crippen MR) is 187 cm³/mol. The highest BCUT2D eigenvalue weighted by molar-refractivity contribution is 6.30. The first-order chi connectivity index (χ1) is 23.6. The molecule has 2 saturated heterocycles. The number of halogens is 3. The smallest absolute Gasteiger partial charge is 0.302 e. The minimum absolute atomic E-state index is 0.156. The molecule has 9 heteroatoms. The maximum absolute atomic E-state index is 16.6. The van der Waals surface area contributed by atoms with Crippen LogP contribution in [0.3, 0.4) is 0 Å². The lowest BCUT2D eigenvalue weighted by molar-refractivity contribution is -0.155. The van der Waals surface area contributed by atoms with E-state index in [1.807, 2.05) is 18.2 Å². The molecule has 1 aliphatic carbocycles. The Hall–Kier alpha value is -4.01. The molecular formula is C40H41ClF2N2O4. The Bertz CT molecular complexity index is 1810. The Kier molecular flexibility index (Phi) is 9.37. The van der Waals surface area contributed by atoms with Gasteiger partial charge in [0.1, 0.15) is 5.75 Å². The number of piperidine rings is 1. The average molecular weight is 687 g/mol. The molecule has 2 aliphatic heterocycles. The summed E-state index contributed by atoms with van der Waals surface area (Å²) in [6, 6.07) is 20.9. The molecule has 2 heterocycles. The van der Waals surface area contributed by atoms with Crippen LogP contribution in [0.5, 0.6) is 5.75 Å². The molecule has 0 spiro atoms. The van der Waals surface area contributed by atoms with Crippen molar-refractivity contribution in [2.24, 2.45) is 5.92 Å². The van der Waals surface area contributed by atoms with Gasteiger partial charge in [0.15, 0.2) is 12.1 Å². The van der Waals surface area contributed by atoms with Crippen molar-refractivity contribution < 1.29 is 28.2 Å². The summed E-state index contributed by atoms with van der Waals surface area (Å²) in [7, 11) is 0. The molecule has 256 valence electrons. The van der Waals surface area contributed by atoms with Gasteiger partial charge in [-0.3, -0.25) is 9.59 Å². The molecule has 6 nitrogen and oxygen atoms in total. The number of nitrogens with zero attached hydrogens (tertiary/aromatic N) is 1. The molecule has 2 N–H and O–H groups in total. The highest BCUT2D eigenvalue weighted by Gasteiger charge is 2.53. The zero-order valence-electron chi connectivity index (χ0n) is 27.5. The summed E-state index contributed by atoms with van der Waals surface area (Å²) in [6.45, 7) is 2.12. The van der Waals surface area contributed by atoms with Crippen LogP contribution in [0.2, 0.25) is 5.02 Å². The van der Waals surface area contributed by atoms with Crippen molar-refractivity contribution in [2.45, 2.75) is 94.5 Å². The number of carbonyl (C=O) groups excluding carboxylic acids is 2. The molecule has 49 heavy (non-hydrogen) atoms. The van der Waals surface area contributed by atoms with Crippen molar-refractivity contribution in [3.63, 3.8) is 0 Å². The van der Waals surface area contributed by atoms with Gasteiger partial charge >= 0.3 is 5.92 Å². The Balaban J connectivity index is 1.14. The summed E-state index contributed by atoms with van der Waals surface area (Å²) in [5.41, 5.74) is 1.34. The molecule has 0 aromatic heterocycles. The summed E-state index contributed by atoms with van der Waals surface area (Å²) in [5, 5.41) is 15.7. The van der Waals surface area contributed by atoms with Crippen molar-refractivity contribution >= 4 is 34.2 Å². The van der Waals surface area contributed by atoms with E-state index < -0.39 is 35.4 Å². The molecule has 3 aliphatic rings. The molecule has 3 fully saturated rings. The second-order valence-corrected chi connectivity index (χ2v) is 14.5. The minimum atomic E-state index is -3.77. The van der Waals surface area contributed by atoms with Crippen LogP contribution < -0.4 is 10.1 Å². The quantitative estimate of drug-likeness (QED) is 0.185. The van der Waals surface area contributed by atoms with Crippen LogP contribution in [0.25, 0.3) is 21.9 Å². The summed E-state index contributed by atoms with van der Waals surface area (Å²) in [5.74, 6) is -4.51. The number of aliphatic hydroxyl groups is 1. The fraction of sp³-hybridized carbons (Fsp3) is 0.400. The van der Waals surface area contributed by atoms with E-state index in [4.69, 9.17) is 16.3 Å². The maximum Gasteiger partial charge on any atom is 0.302 e. The van der Waals surface area contributed by atoms with Gasteiger partial charge < -0.3 is 20.1 Å². The summed E-state index contributed by atoms with van der Waals surface area (Å²) < 4.78 is 39.3. The highest BCUT2D eigenvalue weighted by atomic mass is 35.5. The van der Waals surface area contributed by atoms with Gasteiger partial charge in [-0.15, -0.1) is 0 Å². The number of amides is 2. The first-order valence-corrected chi connectivity index (χ1v) is 17.7. The van der Waals surface area contributed by atoms with Crippen LogP contribution in [0.4, 0.5) is 8.78 Å². The van der Waals surface area contributed by atoms with Crippen molar-refractivity contribution in [3.8, 4) is 16.9 Å². The number of carbonyl (C=O) groups is 2. The van der Waals surface area contributed by atoms with Gasteiger partial charge in [0, 0.05) is 22.7 Å². The normalized spacial score (nSPS) is 22.2. The molecule has 0 radical (unpaired) electrons. The van der Waals surface area contributed by atoms with Crippen LogP contribution in [0.15, 0.2) is 84.9 Å². The van der Waals surface area contributed by atoms with E-state index in [1.54, 1.807) is 59.5 Å².